The molecule has 1 heterocycles. The van der Waals surface area contributed by atoms with Crippen LogP contribution in [-0.4, -0.2) is 35.3 Å². The first kappa shape index (κ1) is 9.36. The maximum Gasteiger partial charge on any atom is 0.0636 e. The molecule has 11 heavy (non-hydrogen) atoms. The molecule has 0 aromatic heterocycles. The number of aliphatic hydroxyl groups is 1. The second kappa shape index (κ2) is 5.01. The Bertz CT molecular complexity index is 102. The van der Waals surface area contributed by atoms with Crippen LogP contribution in [0.2, 0.25) is 0 Å². The topological polar surface area (TPSA) is 32.3 Å². The Balaban J connectivity index is 2.05. The number of aliphatic hydroxyl groups excluding tert-OH is 1. The molecule has 0 radical (unpaired) electrons. The van der Waals surface area contributed by atoms with E-state index in [1.54, 1.807) is 0 Å². The van der Waals surface area contributed by atoms with Gasteiger partial charge in [-0.1, -0.05) is 0 Å². The number of hydrogen-bond acceptors (Lipinski definition) is 3. The molecule has 2 nitrogen and oxygen atoms in total. The number of thioether (sulfide) groups is 1. The van der Waals surface area contributed by atoms with Crippen LogP contribution >= 0.6 is 11.8 Å². The molecule has 2 atom stereocenters. The fourth-order valence-corrected chi connectivity index (χ4v) is 2.35. The van der Waals surface area contributed by atoms with Gasteiger partial charge in [0.15, 0.2) is 0 Å². The van der Waals surface area contributed by atoms with Gasteiger partial charge >= 0.3 is 0 Å². The quantitative estimate of drug-likeness (QED) is 0.667. The third-order valence-corrected chi connectivity index (χ3v) is 3.08. The Labute approximate surface area is 72.8 Å². The summed E-state index contributed by atoms with van der Waals surface area (Å²) in [5, 5.41) is 12.4. The van der Waals surface area contributed by atoms with Gasteiger partial charge in [0.1, 0.15) is 0 Å². The maximum atomic E-state index is 9.01. The predicted molar refractivity (Wildman–Crippen MR) is 50.0 cm³/mol. The van der Waals surface area contributed by atoms with Crippen LogP contribution in [0.15, 0.2) is 0 Å². The Morgan fingerprint density at radius 2 is 2.55 bits per heavy atom. The average molecular weight is 175 g/mol. The minimum absolute atomic E-state index is 0.207. The first-order chi connectivity index (χ1) is 5.29. The van der Waals surface area contributed by atoms with Crippen LogP contribution in [0.4, 0.5) is 0 Å². The van der Waals surface area contributed by atoms with Crippen molar-refractivity contribution in [3.63, 3.8) is 0 Å². The van der Waals surface area contributed by atoms with E-state index in [-0.39, 0.29) is 6.10 Å². The largest absolute Gasteiger partial charge is 0.392 e. The normalized spacial score (nSPS) is 28.4. The highest BCUT2D eigenvalue weighted by Crippen LogP contribution is 2.16. The molecule has 0 spiro atoms. The monoisotopic (exact) mass is 175 g/mol. The summed E-state index contributed by atoms with van der Waals surface area (Å²) in [6, 6.07) is 0.642. The summed E-state index contributed by atoms with van der Waals surface area (Å²) >= 11 is 2.01. The molecule has 0 aromatic carbocycles. The molecular formula is C8H17NOS. The molecule has 1 aliphatic heterocycles. The van der Waals surface area contributed by atoms with Gasteiger partial charge in [0, 0.05) is 18.3 Å². The standard InChI is InChI=1S/C8H17NOS/c1-7(10)5-9-8-3-2-4-11-6-8/h7-10H,2-6H2,1H3/t7-,8?/m1/s1. The predicted octanol–water partition coefficient (Wildman–Crippen LogP) is 0.852. The third-order valence-electron chi connectivity index (χ3n) is 1.86. The Morgan fingerprint density at radius 1 is 1.73 bits per heavy atom. The summed E-state index contributed by atoms with van der Waals surface area (Å²) in [6.45, 7) is 2.56. The second-order valence-electron chi connectivity index (χ2n) is 3.17. The summed E-state index contributed by atoms with van der Waals surface area (Å²) in [5.74, 6) is 2.53. The van der Waals surface area contributed by atoms with Crippen LogP contribution in [0.5, 0.6) is 0 Å². The van der Waals surface area contributed by atoms with Crippen molar-refractivity contribution < 1.29 is 5.11 Å². The first-order valence-electron chi connectivity index (χ1n) is 4.28. The SMILES string of the molecule is C[C@@H](O)CNC1CCCSC1. The van der Waals surface area contributed by atoms with Crippen molar-refractivity contribution in [1.29, 1.82) is 0 Å². The van der Waals surface area contributed by atoms with E-state index in [4.69, 9.17) is 5.11 Å². The van der Waals surface area contributed by atoms with E-state index < -0.39 is 0 Å². The number of nitrogens with one attached hydrogen (secondary N) is 1. The second-order valence-corrected chi connectivity index (χ2v) is 4.32. The van der Waals surface area contributed by atoms with Crippen molar-refractivity contribution in [2.45, 2.75) is 31.9 Å². The average Bonchev–Trinajstić information content (AvgIpc) is 2.03. The molecule has 2 N–H and O–H groups in total. The fraction of sp³-hybridized carbons (Fsp3) is 1.00. The fourth-order valence-electron chi connectivity index (χ4n) is 1.24. The van der Waals surface area contributed by atoms with Crippen LogP contribution < -0.4 is 5.32 Å². The molecule has 0 amide bonds. The van der Waals surface area contributed by atoms with Gasteiger partial charge in [-0.25, -0.2) is 0 Å². The zero-order chi connectivity index (χ0) is 8.10. The Morgan fingerprint density at radius 3 is 3.09 bits per heavy atom. The van der Waals surface area contributed by atoms with Crippen LogP contribution in [0.25, 0.3) is 0 Å². The molecule has 1 unspecified atom stereocenters. The van der Waals surface area contributed by atoms with Gasteiger partial charge in [0.05, 0.1) is 6.10 Å². The van der Waals surface area contributed by atoms with Gasteiger partial charge in [-0.15, -0.1) is 0 Å². The summed E-state index contributed by atoms with van der Waals surface area (Å²) in [5.41, 5.74) is 0. The van der Waals surface area contributed by atoms with Crippen molar-refractivity contribution in [3.8, 4) is 0 Å². The molecule has 1 rings (SSSR count). The summed E-state index contributed by atoms with van der Waals surface area (Å²) < 4.78 is 0. The highest BCUT2D eigenvalue weighted by molar-refractivity contribution is 7.99. The lowest BCUT2D eigenvalue weighted by Gasteiger charge is -2.23. The van der Waals surface area contributed by atoms with E-state index in [1.165, 1.54) is 24.3 Å². The Hall–Kier alpha value is 0.270. The zero-order valence-corrected chi connectivity index (χ0v) is 7.86. The zero-order valence-electron chi connectivity index (χ0n) is 7.05. The summed E-state index contributed by atoms with van der Waals surface area (Å²) in [6.07, 6.45) is 2.39. The van der Waals surface area contributed by atoms with Crippen molar-refractivity contribution >= 4 is 11.8 Å². The molecule has 1 saturated heterocycles. The van der Waals surface area contributed by atoms with Crippen molar-refractivity contribution in [3.05, 3.63) is 0 Å². The number of rotatable bonds is 3. The lowest BCUT2D eigenvalue weighted by atomic mass is 10.2. The molecule has 0 bridgehead atoms. The maximum absolute atomic E-state index is 9.01. The van der Waals surface area contributed by atoms with Crippen LogP contribution in [0.1, 0.15) is 19.8 Å². The highest BCUT2D eigenvalue weighted by Gasteiger charge is 2.12. The third kappa shape index (κ3) is 3.99. The van der Waals surface area contributed by atoms with Gasteiger partial charge in [0.2, 0.25) is 0 Å². The number of hydrogen-bond donors (Lipinski definition) is 2. The van der Waals surface area contributed by atoms with Gasteiger partial charge in [-0.3, -0.25) is 0 Å². The van der Waals surface area contributed by atoms with Gasteiger partial charge in [-0.05, 0) is 25.5 Å². The van der Waals surface area contributed by atoms with Crippen molar-refractivity contribution in [2.75, 3.05) is 18.1 Å². The van der Waals surface area contributed by atoms with Crippen molar-refractivity contribution in [1.82, 2.24) is 5.32 Å². The molecule has 66 valence electrons. The van der Waals surface area contributed by atoms with Crippen LogP contribution in [0, 0.1) is 0 Å². The van der Waals surface area contributed by atoms with Crippen molar-refractivity contribution in [2.24, 2.45) is 0 Å². The van der Waals surface area contributed by atoms with E-state index in [2.05, 4.69) is 5.32 Å². The minimum Gasteiger partial charge on any atom is -0.392 e. The van der Waals surface area contributed by atoms with Gasteiger partial charge < -0.3 is 10.4 Å². The summed E-state index contributed by atoms with van der Waals surface area (Å²) in [4.78, 5) is 0. The van der Waals surface area contributed by atoms with E-state index in [1.807, 2.05) is 18.7 Å². The van der Waals surface area contributed by atoms with E-state index in [0.717, 1.165) is 6.54 Å². The lowest BCUT2D eigenvalue weighted by Crippen LogP contribution is -2.37. The van der Waals surface area contributed by atoms with E-state index >= 15 is 0 Å². The molecule has 0 saturated carbocycles. The first-order valence-corrected chi connectivity index (χ1v) is 5.43. The van der Waals surface area contributed by atoms with Crippen LogP contribution in [0.3, 0.4) is 0 Å². The Kier molecular flexibility index (Phi) is 4.26. The highest BCUT2D eigenvalue weighted by atomic mass is 32.2. The van der Waals surface area contributed by atoms with E-state index in [0.29, 0.717) is 6.04 Å². The minimum atomic E-state index is -0.207. The van der Waals surface area contributed by atoms with Gasteiger partial charge in [0.25, 0.3) is 0 Å². The molecule has 0 aromatic rings. The van der Waals surface area contributed by atoms with Gasteiger partial charge in [-0.2, -0.15) is 11.8 Å². The molecule has 0 aliphatic carbocycles. The molecule has 1 fully saturated rings. The molecular weight excluding hydrogens is 158 g/mol. The van der Waals surface area contributed by atoms with E-state index in [9.17, 15) is 0 Å². The van der Waals surface area contributed by atoms with Crippen LogP contribution in [-0.2, 0) is 0 Å². The summed E-state index contributed by atoms with van der Waals surface area (Å²) in [7, 11) is 0. The smallest absolute Gasteiger partial charge is 0.0636 e. The molecule has 3 heteroatoms. The lowest BCUT2D eigenvalue weighted by molar-refractivity contribution is 0.186. The molecule has 1 aliphatic rings.